The van der Waals surface area contributed by atoms with Crippen molar-refractivity contribution in [1.29, 1.82) is 0 Å². The third-order valence-corrected chi connectivity index (χ3v) is 3.93. The van der Waals surface area contributed by atoms with Gasteiger partial charge in [0.15, 0.2) is 0 Å². The number of hydrogen-bond donors (Lipinski definition) is 0. The van der Waals surface area contributed by atoms with Crippen molar-refractivity contribution in [3.05, 3.63) is 29.3 Å². The number of amides is 1. The third kappa shape index (κ3) is 2.24. The van der Waals surface area contributed by atoms with Crippen molar-refractivity contribution in [1.82, 2.24) is 4.90 Å². The molecule has 0 N–H and O–H groups in total. The third-order valence-electron chi connectivity index (χ3n) is 3.04. The summed E-state index contributed by atoms with van der Waals surface area (Å²) in [6, 6.07) is 6.00. The van der Waals surface area contributed by atoms with Gasteiger partial charge < -0.3 is 4.90 Å². The molecule has 1 aliphatic heterocycles. The van der Waals surface area contributed by atoms with E-state index in [0.717, 1.165) is 31.5 Å². The average Bonchev–Trinajstić information content (AvgIpc) is 2.81. The first-order valence-corrected chi connectivity index (χ1v) is 6.89. The van der Waals surface area contributed by atoms with E-state index in [0.29, 0.717) is 0 Å². The van der Waals surface area contributed by atoms with E-state index in [1.54, 1.807) is 11.8 Å². The van der Waals surface area contributed by atoms with Crippen LogP contribution in [-0.4, -0.2) is 30.2 Å². The molecule has 2 nitrogen and oxygen atoms in total. The second-order valence-electron chi connectivity index (χ2n) is 4.18. The van der Waals surface area contributed by atoms with Crippen LogP contribution < -0.4 is 0 Å². The zero-order chi connectivity index (χ0) is 11.5. The molecule has 0 aliphatic carbocycles. The fraction of sp³-hybridized carbons (Fsp3) is 0.462. The maximum atomic E-state index is 12.1. The molecule has 0 atom stereocenters. The number of carbonyl (C=O) groups excluding carboxylic acids is 1. The van der Waals surface area contributed by atoms with E-state index in [1.807, 2.05) is 23.1 Å². The Morgan fingerprint density at radius 1 is 1.31 bits per heavy atom. The fourth-order valence-corrected chi connectivity index (χ4v) is 2.70. The number of carbonyl (C=O) groups is 1. The van der Waals surface area contributed by atoms with Crippen LogP contribution in [0.5, 0.6) is 0 Å². The molecular weight excluding hydrogens is 218 g/mol. The Labute approximate surface area is 101 Å². The van der Waals surface area contributed by atoms with Crippen LogP contribution in [-0.2, 0) is 0 Å². The van der Waals surface area contributed by atoms with Gasteiger partial charge >= 0.3 is 0 Å². The van der Waals surface area contributed by atoms with E-state index >= 15 is 0 Å². The Morgan fingerprint density at radius 3 is 2.56 bits per heavy atom. The zero-order valence-electron chi connectivity index (χ0n) is 9.82. The van der Waals surface area contributed by atoms with Gasteiger partial charge in [0.25, 0.3) is 5.91 Å². The van der Waals surface area contributed by atoms with Crippen LogP contribution in [0.15, 0.2) is 23.1 Å². The van der Waals surface area contributed by atoms with E-state index in [4.69, 9.17) is 0 Å². The topological polar surface area (TPSA) is 20.3 Å². The summed E-state index contributed by atoms with van der Waals surface area (Å²) in [6.07, 6.45) is 4.35. The van der Waals surface area contributed by atoms with Gasteiger partial charge in [-0.2, -0.15) is 0 Å². The lowest BCUT2D eigenvalue weighted by atomic mass is 10.1. The number of likely N-dealkylation sites (tertiary alicyclic amines) is 1. The number of hydrogen-bond acceptors (Lipinski definition) is 2. The quantitative estimate of drug-likeness (QED) is 0.735. The van der Waals surface area contributed by atoms with Gasteiger partial charge in [0, 0.05) is 23.5 Å². The minimum atomic E-state index is 0.188. The van der Waals surface area contributed by atoms with Crippen LogP contribution in [0.25, 0.3) is 0 Å². The second kappa shape index (κ2) is 4.91. The molecule has 1 fully saturated rings. The lowest BCUT2D eigenvalue weighted by Gasteiger charge is -2.16. The Balaban J connectivity index is 2.20. The predicted octanol–water partition coefficient (Wildman–Crippen LogP) is 2.95. The Hall–Kier alpha value is -0.960. The summed E-state index contributed by atoms with van der Waals surface area (Å²) in [6.45, 7) is 3.90. The van der Waals surface area contributed by atoms with Gasteiger partial charge in [0.05, 0.1) is 0 Å². The summed E-state index contributed by atoms with van der Waals surface area (Å²) in [4.78, 5) is 15.3. The SMILES string of the molecule is CSc1ccc(C(=O)N2CCCC2)cc1C. The lowest BCUT2D eigenvalue weighted by molar-refractivity contribution is 0.0792. The maximum absolute atomic E-state index is 12.1. The summed E-state index contributed by atoms with van der Waals surface area (Å²) in [7, 11) is 0. The summed E-state index contributed by atoms with van der Waals surface area (Å²) < 4.78 is 0. The van der Waals surface area contributed by atoms with Crippen LogP contribution in [0, 0.1) is 6.92 Å². The van der Waals surface area contributed by atoms with Gasteiger partial charge in [-0.25, -0.2) is 0 Å². The molecule has 1 saturated heterocycles. The van der Waals surface area contributed by atoms with Crippen molar-refractivity contribution in [2.24, 2.45) is 0 Å². The number of aryl methyl sites for hydroxylation is 1. The minimum absolute atomic E-state index is 0.188. The molecule has 16 heavy (non-hydrogen) atoms. The van der Waals surface area contributed by atoms with Crippen LogP contribution in [0.1, 0.15) is 28.8 Å². The lowest BCUT2D eigenvalue weighted by Crippen LogP contribution is -2.27. The van der Waals surface area contributed by atoms with Gasteiger partial charge in [-0.3, -0.25) is 4.79 Å². The fourth-order valence-electron chi connectivity index (χ4n) is 2.11. The average molecular weight is 235 g/mol. The van der Waals surface area contributed by atoms with E-state index in [1.165, 1.54) is 10.5 Å². The van der Waals surface area contributed by atoms with Crippen molar-refractivity contribution in [2.75, 3.05) is 19.3 Å². The van der Waals surface area contributed by atoms with Gasteiger partial charge in [0.1, 0.15) is 0 Å². The van der Waals surface area contributed by atoms with Gasteiger partial charge in [-0.1, -0.05) is 0 Å². The summed E-state index contributed by atoms with van der Waals surface area (Å²) in [5, 5.41) is 0. The first kappa shape index (κ1) is 11.5. The first-order chi connectivity index (χ1) is 7.72. The molecule has 1 aromatic carbocycles. The van der Waals surface area contributed by atoms with Crippen molar-refractivity contribution in [3.8, 4) is 0 Å². The molecular formula is C13H17NOS. The molecule has 0 radical (unpaired) electrons. The largest absolute Gasteiger partial charge is 0.339 e. The van der Waals surface area contributed by atoms with Crippen molar-refractivity contribution in [2.45, 2.75) is 24.7 Å². The molecule has 1 heterocycles. The molecule has 3 heteroatoms. The zero-order valence-corrected chi connectivity index (χ0v) is 10.6. The number of rotatable bonds is 2. The number of benzene rings is 1. The van der Waals surface area contributed by atoms with Crippen LogP contribution in [0.4, 0.5) is 0 Å². The van der Waals surface area contributed by atoms with Crippen LogP contribution in [0.2, 0.25) is 0 Å². The first-order valence-electron chi connectivity index (χ1n) is 5.66. The summed E-state index contributed by atoms with van der Waals surface area (Å²) >= 11 is 1.72. The van der Waals surface area contributed by atoms with Crippen molar-refractivity contribution < 1.29 is 4.79 Å². The molecule has 1 aromatic rings. The Bertz CT molecular complexity index is 397. The van der Waals surface area contributed by atoms with Gasteiger partial charge in [0.2, 0.25) is 0 Å². The monoisotopic (exact) mass is 235 g/mol. The van der Waals surface area contributed by atoms with Crippen LogP contribution >= 0.6 is 11.8 Å². The molecule has 0 bridgehead atoms. The molecule has 1 amide bonds. The molecule has 1 aliphatic rings. The maximum Gasteiger partial charge on any atom is 0.253 e. The number of nitrogens with zero attached hydrogens (tertiary/aromatic N) is 1. The van der Waals surface area contributed by atoms with Gasteiger partial charge in [-0.15, -0.1) is 11.8 Å². The Morgan fingerprint density at radius 2 is 2.00 bits per heavy atom. The highest BCUT2D eigenvalue weighted by molar-refractivity contribution is 7.98. The second-order valence-corrected chi connectivity index (χ2v) is 5.03. The highest BCUT2D eigenvalue weighted by Gasteiger charge is 2.19. The van der Waals surface area contributed by atoms with E-state index in [2.05, 4.69) is 13.2 Å². The van der Waals surface area contributed by atoms with E-state index in [9.17, 15) is 4.79 Å². The van der Waals surface area contributed by atoms with Crippen molar-refractivity contribution in [3.63, 3.8) is 0 Å². The van der Waals surface area contributed by atoms with Gasteiger partial charge in [-0.05, 0) is 49.8 Å². The number of thioether (sulfide) groups is 1. The standard InChI is InChI=1S/C13H17NOS/c1-10-9-11(5-6-12(10)16-2)13(15)14-7-3-4-8-14/h5-6,9H,3-4,7-8H2,1-2H3. The minimum Gasteiger partial charge on any atom is -0.339 e. The molecule has 0 unspecified atom stereocenters. The van der Waals surface area contributed by atoms with Crippen LogP contribution in [0.3, 0.4) is 0 Å². The highest BCUT2D eigenvalue weighted by Crippen LogP contribution is 2.22. The Kier molecular flexibility index (Phi) is 3.54. The summed E-state index contributed by atoms with van der Waals surface area (Å²) in [5.74, 6) is 0.188. The highest BCUT2D eigenvalue weighted by atomic mass is 32.2. The molecule has 2 rings (SSSR count). The molecule has 0 saturated carbocycles. The van der Waals surface area contributed by atoms with E-state index < -0.39 is 0 Å². The predicted molar refractivity (Wildman–Crippen MR) is 68.1 cm³/mol. The molecule has 0 spiro atoms. The normalized spacial score (nSPS) is 15.5. The van der Waals surface area contributed by atoms with E-state index in [-0.39, 0.29) is 5.91 Å². The van der Waals surface area contributed by atoms with Crippen molar-refractivity contribution >= 4 is 17.7 Å². The smallest absolute Gasteiger partial charge is 0.253 e. The summed E-state index contributed by atoms with van der Waals surface area (Å²) in [5.41, 5.74) is 2.02. The molecule has 86 valence electrons. The molecule has 0 aromatic heterocycles.